The van der Waals surface area contributed by atoms with Crippen LogP contribution in [0.1, 0.15) is 22.4 Å². The maximum absolute atomic E-state index is 8.93. The van der Waals surface area contributed by atoms with Gasteiger partial charge in [0.05, 0.1) is 0 Å². The molecule has 0 spiro atoms. The summed E-state index contributed by atoms with van der Waals surface area (Å²) < 4.78 is 0. The molecule has 2 rings (SSSR count). The van der Waals surface area contributed by atoms with E-state index in [-0.39, 0.29) is 6.04 Å². The smallest absolute Gasteiger partial charge is 0.182 e. The molecular weight excluding hydrogens is 244 g/mol. The summed E-state index contributed by atoms with van der Waals surface area (Å²) >= 11 is 1.80. The average Bonchev–Trinajstić information content (AvgIpc) is 2.75. The lowest BCUT2D eigenvalue weighted by molar-refractivity contribution is 0.792. The van der Waals surface area contributed by atoms with Crippen molar-refractivity contribution < 1.29 is 0 Å². The Labute approximate surface area is 110 Å². The van der Waals surface area contributed by atoms with Crippen molar-refractivity contribution in [2.45, 2.75) is 26.3 Å². The van der Waals surface area contributed by atoms with Gasteiger partial charge in [-0.05, 0) is 26.0 Å². The summed E-state index contributed by atoms with van der Waals surface area (Å²) in [7, 11) is 0. The molecule has 2 heterocycles. The van der Waals surface area contributed by atoms with E-state index in [0.29, 0.717) is 11.5 Å². The zero-order valence-electron chi connectivity index (χ0n) is 10.3. The van der Waals surface area contributed by atoms with Gasteiger partial charge < -0.3 is 5.32 Å². The number of aryl methyl sites for hydroxylation is 1. The molecule has 0 saturated heterocycles. The second kappa shape index (κ2) is 5.61. The van der Waals surface area contributed by atoms with Crippen LogP contribution in [0, 0.1) is 18.3 Å². The summed E-state index contributed by atoms with van der Waals surface area (Å²) in [6.45, 7) is 4.17. The van der Waals surface area contributed by atoms with Gasteiger partial charge in [0.2, 0.25) is 0 Å². The van der Waals surface area contributed by atoms with Crippen molar-refractivity contribution in [2.75, 3.05) is 5.32 Å². The topological polar surface area (TPSA) is 61.6 Å². The third kappa shape index (κ3) is 3.05. The molecule has 0 bridgehead atoms. The van der Waals surface area contributed by atoms with Gasteiger partial charge in [0.15, 0.2) is 11.5 Å². The zero-order chi connectivity index (χ0) is 13.0. The number of thiophene rings is 1. The number of hydrogen-bond acceptors (Lipinski definition) is 5. The van der Waals surface area contributed by atoms with Gasteiger partial charge in [0.25, 0.3) is 0 Å². The first-order chi connectivity index (χ1) is 8.69. The van der Waals surface area contributed by atoms with Gasteiger partial charge in [-0.1, -0.05) is 0 Å². The second-order valence-electron chi connectivity index (χ2n) is 4.13. The Hall–Kier alpha value is -1.93. The molecule has 0 aromatic carbocycles. The summed E-state index contributed by atoms with van der Waals surface area (Å²) in [5.74, 6) is 0.556. The highest BCUT2D eigenvalue weighted by Crippen LogP contribution is 2.18. The molecule has 5 heteroatoms. The highest BCUT2D eigenvalue weighted by atomic mass is 32.1. The monoisotopic (exact) mass is 258 g/mol. The van der Waals surface area contributed by atoms with Crippen molar-refractivity contribution in [1.29, 1.82) is 5.26 Å². The molecule has 2 aromatic heterocycles. The van der Waals surface area contributed by atoms with Crippen molar-refractivity contribution in [2.24, 2.45) is 0 Å². The highest BCUT2D eigenvalue weighted by molar-refractivity contribution is 7.11. The predicted octanol–water partition coefficient (Wildman–Crippen LogP) is 2.76. The first-order valence-electron chi connectivity index (χ1n) is 5.72. The van der Waals surface area contributed by atoms with Gasteiger partial charge >= 0.3 is 0 Å². The molecule has 1 N–H and O–H groups in total. The molecule has 0 amide bonds. The molecule has 2 aromatic rings. The van der Waals surface area contributed by atoms with E-state index in [9.17, 15) is 0 Å². The first-order valence-corrected chi connectivity index (χ1v) is 6.53. The number of rotatable bonds is 4. The lowest BCUT2D eigenvalue weighted by Crippen LogP contribution is -2.19. The molecule has 0 saturated carbocycles. The number of nitriles is 1. The van der Waals surface area contributed by atoms with E-state index in [2.05, 4.69) is 41.3 Å². The van der Waals surface area contributed by atoms with E-state index in [4.69, 9.17) is 5.26 Å². The maximum atomic E-state index is 8.93. The molecule has 1 unspecified atom stereocenters. The minimum atomic E-state index is 0.215. The largest absolute Gasteiger partial charge is 0.365 e. The fraction of sp³-hybridized carbons (Fsp3) is 0.308. The Kier molecular flexibility index (Phi) is 3.90. The minimum absolute atomic E-state index is 0.215. The molecule has 18 heavy (non-hydrogen) atoms. The van der Waals surface area contributed by atoms with Gasteiger partial charge in [-0.2, -0.15) is 5.26 Å². The molecule has 0 fully saturated rings. The van der Waals surface area contributed by atoms with E-state index in [1.54, 1.807) is 17.5 Å². The number of anilines is 1. The molecule has 0 radical (unpaired) electrons. The quantitative estimate of drug-likeness (QED) is 0.916. The molecule has 92 valence electrons. The summed E-state index contributed by atoms with van der Waals surface area (Å²) in [5.41, 5.74) is 0.340. The number of nitrogens with one attached hydrogen (secondary N) is 1. The lowest BCUT2D eigenvalue weighted by atomic mass is 10.2. The van der Waals surface area contributed by atoms with Gasteiger partial charge in [-0.3, -0.25) is 0 Å². The summed E-state index contributed by atoms with van der Waals surface area (Å²) in [5, 5.41) is 12.2. The number of hydrogen-bond donors (Lipinski definition) is 1. The van der Waals surface area contributed by atoms with E-state index in [1.807, 2.05) is 6.07 Å². The van der Waals surface area contributed by atoms with Crippen molar-refractivity contribution >= 4 is 17.2 Å². The Balaban J connectivity index is 2.03. The van der Waals surface area contributed by atoms with Crippen LogP contribution in [0.5, 0.6) is 0 Å². The molecular formula is C13H14N4S. The van der Waals surface area contributed by atoms with E-state index >= 15 is 0 Å². The van der Waals surface area contributed by atoms with E-state index in [1.165, 1.54) is 16.0 Å². The summed E-state index contributed by atoms with van der Waals surface area (Å²) in [6.07, 6.45) is 4.03. The van der Waals surface area contributed by atoms with Crippen molar-refractivity contribution in [1.82, 2.24) is 9.97 Å². The van der Waals surface area contributed by atoms with Gasteiger partial charge in [-0.15, -0.1) is 11.3 Å². The van der Waals surface area contributed by atoms with Crippen molar-refractivity contribution in [3.8, 4) is 6.07 Å². The second-order valence-corrected chi connectivity index (χ2v) is 5.50. The summed E-state index contributed by atoms with van der Waals surface area (Å²) in [4.78, 5) is 10.8. The van der Waals surface area contributed by atoms with Gasteiger partial charge in [0, 0.05) is 34.6 Å². The van der Waals surface area contributed by atoms with E-state index < -0.39 is 0 Å². The van der Waals surface area contributed by atoms with Crippen LogP contribution < -0.4 is 5.32 Å². The Morgan fingerprint density at radius 3 is 2.83 bits per heavy atom. The van der Waals surface area contributed by atoms with Crippen LogP contribution in [0.3, 0.4) is 0 Å². The summed E-state index contributed by atoms with van der Waals surface area (Å²) in [6, 6.07) is 6.51. The fourth-order valence-corrected chi connectivity index (χ4v) is 2.73. The first kappa shape index (κ1) is 12.5. The molecule has 0 aliphatic rings. The van der Waals surface area contributed by atoms with Crippen LogP contribution in [0.4, 0.5) is 5.82 Å². The molecule has 0 aliphatic carbocycles. The van der Waals surface area contributed by atoms with Crippen LogP contribution in [0.2, 0.25) is 0 Å². The fourth-order valence-electron chi connectivity index (χ4n) is 1.71. The SMILES string of the molecule is Cc1ccc(CC(C)Nc2nccnc2C#N)s1. The van der Waals surface area contributed by atoms with Gasteiger partial charge in [-0.25, -0.2) is 9.97 Å². The third-order valence-corrected chi connectivity index (χ3v) is 3.51. The normalized spacial score (nSPS) is 11.8. The predicted molar refractivity (Wildman–Crippen MR) is 72.6 cm³/mol. The zero-order valence-corrected chi connectivity index (χ0v) is 11.2. The van der Waals surface area contributed by atoms with Crippen LogP contribution in [-0.2, 0) is 6.42 Å². The Morgan fingerprint density at radius 2 is 2.17 bits per heavy atom. The van der Waals surface area contributed by atoms with Crippen LogP contribution in [-0.4, -0.2) is 16.0 Å². The van der Waals surface area contributed by atoms with Crippen molar-refractivity contribution in [3.05, 3.63) is 40.0 Å². The van der Waals surface area contributed by atoms with Crippen molar-refractivity contribution in [3.63, 3.8) is 0 Å². The lowest BCUT2D eigenvalue weighted by Gasteiger charge is -2.13. The maximum Gasteiger partial charge on any atom is 0.182 e. The van der Waals surface area contributed by atoms with Crippen LogP contribution >= 0.6 is 11.3 Å². The number of nitrogens with zero attached hydrogens (tertiary/aromatic N) is 3. The third-order valence-electron chi connectivity index (χ3n) is 2.49. The van der Waals surface area contributed by atoms with Crippen LogP contribution in [0.25, 0.3) is 0 Å². The average molecular weight is 258 g/mol. The molecule has 4 nitrogen and oxygen atoms in total. The number of aromatic nitrogens is 2. The van der Waals surface area contributed by atoms with E-state index in [0.717, 1.165) is 6.42 Å². The van der Waals surface area contributed by atoms with Crippen LogP contribution in [0.15, 0.2) is 24.5 Å². The molecule has 1 atom stereocenters. The highest BCUT2D eigenvalue weighted by Gasteiger charge is 2.09. The minimum Gasteiger partial charge on any atom is -0.365 e. The van der Waals surface area contributed by atoms with Gasteiger partial charge in [0.1, 0.15) is 6.07 Å². The standard InChI is InChI=1S/C13H14N4S/c1-9(7-11-4-3-10(2)18-11)17-13-12(8-14)15-5-6-16-13/h3-6,9H,7H2,1-2H3,(H,16,17). The Bertz CT molecular complexity index is 570. The Morgan fingerprint density at radius 1 is 1.39 bits per heavy atom. The molecule has 0 aliphatic heterocycles.